The molecule has 1 heterocycles. The third kappa shape index (κ3) is 3.99. The Kier molecular flexibility index (Phi) is 6.23. The first kappa shape index (κ1) is 13.9. The lowest BCUT2D eigenvalue weighted by Gasteiger charge is -2.36. The first-order chi connectivity index (χ1) is 7.76. The molecule has 16 heavy (non-hydrogen) atoms. The molecule has 0 aromatic heterocycles. The molecule has 0 aromatic carbocycles. The molecule has 1 saturated heterocycles. The number of thioether (sulfide) groups is 1. The van der Waals surface area contributed by atoms with Gasteiger partial charge in [0.1, 0.15) is 4.75 Å². The number of nitriles is 1. The lowest BCUT2D eigenvalue weighted by molar-refractivity contribution is 0.213. The van der Waals surface area contributed by atoms with Crippen LogP contribution in [0.15, 0.2) is 0 Å². The molecule has 1 aliphatic heterocycles. The maximum absolute atomic E-state index is 9.18. The van der Waals surface area contributed by atoms with Crippen molar-refractivity contribution in [1.29, 1.82) is 5.26 Å². The van der Waals surface area contributed by atoms with Crippen LogP contribution >= 0.6 is 11.8 Å². The molecule has 0 aromatic rings. The van der Waals surface area contributed by atoms with Crippen molar-refractivity contribution < 1.29 is 0 Å². The van der Waals surface area contributed by atoms with Gasteiger partial charge in [-0.3, -0.25) is 0 Å². The van der Waals surface area contributed by atoms with E-state index < -0.39 is 0 Å². The van der Waals surface area contributed by atoms with Crippen LogP contribution in [0.4, 0.5) is 0 Å². The summed E-state index contributed by atoms with van der Waals surface area (Å²) in [5, 5.41) is 9.18. The lowest BCUT2D eigenvalue weighted by atomic mass is 9.97. The van der Waals surface area contributed by atoms with Gasteiger partial charge < -0.3 is 4.90 Å². The van der Waals surface area contributed by atoms with Crippen molar-refractivity contribution in [2.75, 3.05) is 25.9 Å². The fraction of sp³-hybridized carbons (Fsp3) is 0.923. The summed E-state index contributed by atoms with van der Waals surface area (Å²) in [5.74, 6) is 0. The Morgan fingerprint density at radius 2 is 1.94 bits per heavy atom. The van der Waals surface area contributed by atoms with E-state index in [1.165, 1.54) is 32.2 Å². The molecule has 0 atom stereocenters. The Balaban J connectivity index is 2.19. The number of unbranched alkanes of at least 4 members (excludes halogenated alkanes) is 3. The van der Waals surface area contributed by atoms with E-state index in [2.05, 4.69) is 24.1 Å². The van der Waals surface area contributed by atoms with Crippen LogP contribution in [-0.4, -0.2) is 35.5 Å². The minimum Gasteiger partial charge on any atom is -0.303 e. The van der Waals surface area contributed by atoms with Gasteiger partial charge in [0.05, 0.1) is 6.07 Å². The monoisotopic (exact) mass is 240 g/mol. The van der Waals surface area contributed by atoms with E-state index in [0.717, 1.165) is 25.9 Å². The number of likely N-dealkylation sites (tertiary alicyclic amines) is 1. The highest BCUT2D eigenvalue weighted by Gasteiger charge is 2.33. The second kappa shape index (κ2) is 7.19. The normalized spacial score (nSPS) is 20.6. The largest absolute Gasteiger partial charge is 0.303 e. The minimum atomic E-state index is -0.0834. The Hall–Kier alpha value is -0.200. The van der Waals surface area contributed by atoms with Crippen LogP contribution in [0, 0.1) is 11.3 Å². The maximum atomic E-state index is 9.18. The van der Waals surface area contributed by atoms with Gasteiger partial charge in [0.15, 0.2) is 0 Å². The molecule has 1 fully saturated rings. The summed E-state index contributed by atoms with van der Waals surface area (Å²) < 4.78 is -0.0834. The standard InChI is InChI=1S/C13H24N2S/c1-3-4-5-6-9-15-10-7-13(12-14,16-2)8-11-15/h3-11H2,1-2H3. The summed E-state index contributed by atoms with van der Waals surface area (Å²) in [4.78, 5) is 2.53. The first-order valence-electron chi connectivity index (χ1n) is 6.45. The van der Waals surface area contributed by atoms with Crippen LogP contribution in [-0.2, 0) is 0 Å². The number of hydrogen-bond donors (Lipinski definition) is 0. The summed E-state index contributed by atoms with van der Waals surface area (Å²) in [7, 11) is 0. The molecule has 0 unspecified atom stereocenters. The van der Waals surface area contributed by atoms with Crippen molar-refractivity contribution >= 4 is 11.8 Å². The number of nitrogens with zero attached hydrogens (tertiary/aromatic N) is 2. The van der Waals surface area contributed by atoms with Gasteiger partial charge >= 0.3 is 0 Å². The van der Waals surface area contributed by atoms with Gasteiger partial charge in [0.25, 0.3) is 0 Å². The predicted molar refractivity (Wildman–Crippen MR) is 71.7 cm³/mol. The van der Waals surface area contributed by atoms with E-state index in [-0.39, 0.29) is 4.75 Å². The number of rotatable bonds is 6. The van der Waals surface area contributed by atoms with E-state index in [4.69, 9.17) is 0 Å². The summed E-state index contributed by atoms with van der Waals surface area (Å²) >= 11 is 1.74. The second-order valence-corrected chi connectivity index (χ2v) is 5.90. The Labute approximate surface area is 104 Å². The molecule has 3 heteroatoms. The highest BCUT2D eigenvalue weighted by Crippen LogP contribution is 2.33. The second-order valence-electron chi connectivity index (χ2n) is 4.71. The van der Waals surface area contributed by atoms with Crippen molar-refractivity contribution in [2.45, 2.75) is 50.2 Å². The van der Waals surface area contributed by atoms with Gasteiger partial charge in [0, 0.05) is 13.1 Å². The molecule has 0 radical (unpaired) electrons. The van der Waals surface area contributed by atoms with Crippen molar-refractivity contribution in [3.63, 3.8) is 0 Å². The average molecular weight is 240 g/mol. The topological polar surface area (TPSA) is 27.0 Å². The van der Waals surface area contributed by atoms with Crippen molar-refractivity contribution in [1.82, 2.24) is 4.90 Å². The fourth-order valence-electron chi connectivity index (χ4n) is 2.26. The third-order valence-corrected chi connectivity index (χ3v) is 4.87. The summed E-state index contributed by atoms with van der Waals surface area (Å²) in [6.45, 7) is 5.71. The molecule has 92 valence electrons. The predicted octanol–water partition coefficient (Wildman–Crippen LogP) is 3.29. The van der Waals surface area contributed by atoms with Crippen molar-refractivity contribution in [2.24, 2.45) is 0 Å². The number of hydrogen-bond acceptors (Lipinski definition) is 3. The SMILES string of the molecule is CCCCCCN1CCC(C#N)(SC)CC1. The van der Waals surface area contributed by atoms with Gasteiger partial charge in [0.2, 0.25) is 0 Å². The van der Waals surface area contributed by atoms with Crippen LogP contribution in [0.2, 0.25) is 0 Å². The van der Waals surface area contributed by atoms with Crippen molar-refractivity contribution in [3.8, 4) is 6.07 Å². The molecule has 0 saturated carbocycles. The van der Waals surface area contributed by atoms with Crippen LogP contribution in [0.25, 0.3) is 0 Å². The van der Waals surface area contributed by atoms with E-state index in [1.807, 2.05) is 0 Å². The van der Waals surface area contributed by atoms with Crippen LogP contribution in [0.3, 0.4) is 0 Å². The molecule has 2 nitrogen and oxygen atoms in total. The summed E-state index contributed by atoms with van der Waals surface area (Å²) in [6.07, 6.45) is 9.51. The van der Waals surface area contributed by atoms with E-state index in [9.17, 15) is 5.26 Å². The lowest BCUT2D eigenvalue weighted by Crippen LogP contribution is -2.41. The molecule has 0 bridgehead atoms. The van der Waals surface area contributed by atoms with Crippen LogP contribution in [0.1, 0.15) is 45.4 Å². The van der Waals surface area contributed by atoms with E-state index in [1.54, 1.807) is 11.8 Å². The zero-order valence-corrected chi connectivity index (χ0v) is 11.5. The Bertz CT molecular complexity index is 227. The molecular formula is C13H24N2S. The van der Waals surface area contributed by atoms with Gasteiger partial charge in [-0.2, -0.15) is 5.26 Å². The molecular weight excluding hydrogens is 216 g/mol. The molecule has 1 aliphatic rings. The zero-order chi connectivity index (χ0) is 11.9. The number of piperidine rings is 1. The van der Waals surface area contributed by atoms with Crippen molar-refractivity contribution in [3.05, 3.63) is 0 Å². The highest BCUT2D eigenvalue weighted by atomic mass is 32.2. The fourth-order valence-corrected chi connectivity index (χ4v) is 2.94. The first-order valence-corrected chi connectivity index (χ1v) is 7.67. The Morgan fingerprint density at radius 3 is 2.44 bits per heavy atom. The van der Waals surface area contributed by atoms with Gasteiger partial charge in [-0.25, -0.2) is 0 Å². The molecule has 0 amide bonds. The van der Waals surface area contributed by atoms with Crippen LogP contribution in [0.5, 0.6) is 0 Å². The Morgan fingerprint density at radius 1 is 1.25 bits per heavy atom. The molecule has 0 spiro atoms. The quantitative estimate of drug-likeness (QED) is 0.667. The van der Waals surface area contributed by atoms with Gasteiger partial charge in [-0.1, -0.05) is 26.2 Å². The van der Waals surface area contributed by atoms with Crippen LogP contribution < -0.4 is 0 Å². The van der Waals surface area contributed by atoms with E-state index in [0.29, 0.717) is 0 Å². The summed E-state index contributed by atoms with van der Waals surface area (Å²) in [5.41, 5.74) is 0. The molecule has 1 rings (SSSR count). The average Bonchev–Trinajstić information content (AvgIpc) is 2.36. The third-order valence-electron chi connectivity index (χ3n) is 3.59. The highest BCUT2D eigenvalue weighted by molar-refractivity contribution is 8.00. The van der Waals surface area contributed by atoms with Gasteiger partial charge in [-0.15, -0.1) is 11.8 Å². The summed E-state index contributed by atoms with van der Waals surface area (Å²) in [6, 6.07) is 2.50. The smallest absolute Gasteiger partial charge is 0.104 e. The minimum absolute atomic E-state index is 0.0834. The van der Waals surface area contributed by atoms with E-state index >= 15 is 0 Å². The maximum Gasteiger partial charge on any atom is 0.104 e. The molecule has 0 N–H and O–H groups in total. The molecule has 0 aliphatic carbocycles. The van der Waals surface area contributed by atoms with Gasteiger partial charge in [-0.05, 0) is 32.1 Å². The zero-order valence-electron chi connectivity index (χ0n) is 10.7.